The third kappa shape index (κ3) is 2.51. The number of aliphatic hydroxyl groups is 1. The Morgan fingerprint density at radius 2 is 2.06 bits per heavy atom. The van der Waals surface area contributed by atoms with Gasteiger partial charge in [0, 0.05) is 18.1 Å². The maximum atomic E-state index is 9.35. The summed E-state index contributed by atoms with van der Waals surface area (Å²) < 4.78 is 1.90. The fraction of sp³-hybridized carbons (Fsp3) is 0.429. The Morgan fingerprint density at radius 1 is 1.29 bits per heavy atom. The molecule has 2 aromatic rings. The van der Waals surface area contributed by atoms with Crippen molar-refractivity contribution in [2.45, 2.75) is 20.1 Å². The van der Waals surface area contributed by atoms with Crippen LogP contribution in [-0.4, -0.2) is 35.2 Å². The number of hydrogen-bond donors (Lipinski definition) is 1. The number of aryl methyl sites for hydroxylation is 1. The predicted molar refractivity (Wildman–Crippen MR) is 71.2 cm³/mol. The molecule has 0 atom stereocenters. The van der Waals surface area contributed by atoms with Crippen LogP contribution in [0.5, 0.6) is 0 Å². The molecule has 0 saturated carbocycles. The van der Waals surface area contributed by atoms with Gasteiger partial charge in [-0.3, -0.25) is 0 Å². The zero-order valence-corrected chi connectivity index (χ0v) is 10.8. The molecule has 92 valence electrons. The smallest absolute Gasteiger partial charge is 0.119 e. The van der Waals surface area contributed by atoms with Gasteiger partial charge in [0.05, 0.1) is 5.52 Å². The second-order valence-corrected chi connectivity index (χ2v) is 4.84. The van der Waals surface area contributed by atoms with Crippen molar-refractivity contribution in [2.24, 2.45) is 0 Å². The van der Waals surface area contributed by atoms with Crippen molar-refractivity contribution in [2.75, 3.05) is 20.6 Å². The van der Waals surface area contributed by atoms with Crippen LogP contribution in [0.15, 0.2) is 24.4 Å². The number of aliphatic hydroxyl groups excluding tert-OH is 1. The highest BCUT2D eigenvalue weighted by molar-refractivity contribution is 5.84. The van der Waals surface area contributed by atoms with Crippen LogP contribution < -0.4 is 0 Å². The Balaban J connectivity index is 2.43. The predicted octanol–water partition coefficient (Wildman–Crippen LogP) is 2.00. The van der Waals surface area contributed by atoms with Gasteiger partial charge in [-0.05, 0) is 45.1 Å². The second-order valence-electron chi connectivity index (χ2n) is 4.84. The standard InChI is InChI=1S/C14H20N2O/c1-11-4-5-14-13(8-11)12(6-7-15(2)3)9-16(14)10-17/h4-5,8-9,17H,6-7,10H2,1-3H3. The molecule has 0 radical (unpaired) electrons. The van der Waals surface area contributed by atoms with Crippen LogP contribution in [0.2, 0.25) is 0 Å². The van der Waals surface area contributed by atoms with Crippen LogP contribution >= 0.6 is 0 Å². The Hall–Kier alpha value is -1.32. The van der Waals surface area contributed by atoms with Gasteiger partial charge in [0.2, 0.25) is 0 Å². The van der Waals surface area contributed by atoms with E-state index in [1.54, 1.807) is 0 Å². The normalized spacial score (nSPS) is 11.6. The molecule has 0 saturated heterocycles. The molecule has 1 aromatic heterocycles. The first-order valence-electron chi connectivity index (χ1n) is 5.96. The summed E-state index contributed by atoms with van der Waals surface area (Å²) in [6.45, 7) is 3.17. The molecule has 0 aliphatic heterocycles. The van der Waals surface area contributed by atoms with E-state index in [4.69, 9.17) is 0 Å². The number of benzene rings is 1. The molecular formula is C14H20N2O. The molecular weight excluding hydrogens is 212 g/mol. The van der Waals surface area contributed by atoms with E-state index in [9.17, 15) is 5.11 Å². The minimum atomic E-state index is 0.0432. The van der Waals surface area contributed by atoms with Crippen LogP contribution in [-0.2, 0) is 13.2 Å². The lowest BCUT2D eigenvalue weighted by Gasteiger charge is -2.08. The van der Waals surface area contributed by atoms with Gasteiger partial charge in [0.25, 0.3) is 0 Å². The van der Waals surface area contributed by atoms with E-state index in [1.807, 2.05) is 4.57 Å². The summed E-state index contributed by atoms with van der Waals surface area (Å²) in [5.41, 5.74) is 3.69. The van der Waals surface area contributed by atoms with Gasteiger partial charge in [-0.15, -0.1) is 0 Å². The Morgan fingerprint density at radius 3 is 2.71 bits per heavy atom. The maximum Gasteiger partial charge on any atom is 0.119 e. The summed E-state index contributed by atoms with van der Waals surface area (Å²) in [5.74, 6) is 0. The van der Waals surface area contributed by atoms with E-state index >= 15 is 0 Å². The van der Waals surface area contributed by atoms with Crippen molar-refractivity contribution >= 4 is 10.9 Å². The van der Waals surface area contributed by atoms with Gasteiger partial charge in [0.1, 0.15) is 6.73 Å². The number of likely N-dealkylation sites (N-methyl/N-ethyl adjacent to an activating group) is 1. The molecule has 0 spiro atoms. The highest BCUT2D eigenvalue weighted by Crippen LogP contribution is 2.23. The monoisotopic (exact) mass is 232 g/mol. The van der Waals surface area contributed by atoms with Crippen LogP contribution in [0.25, 0.3) is 10.9 Å². The van der Waals surface area contributed by atoms with Gasteiger partial charge in [0.15, 0.2) is 0 Å². The molecule has 0 aliphatic rings. The largest absolute Gasteiger partial charge is 0.376 e. The highest BCUT2D eigenvalue weighted by Gasteiger charge is 2.08. The minimum Gasteiger partial charge on any atom is -0.376 e. The third-order valence-electron chi connectivity index (χ3n) is 3.10. The zero-order chi connectivity index (χ0) is 12.4. The topological polar surface area (TPSA) is 28.4 Å². The molecule has 1 N–H and O–H groups in total. The van der Waals surface area contributed by atoms with Crippen molar-refractivity contribution in [3.8, 4) is 0 Å². The number of aromatic nitrogens is 1. The number of fused-ring (bicyclic) bond motifs is 1. The van der Waals surface area contributed by atoms with E-state index in [0.29, 0.717) is 0 Å². The average molecular weight is 232 g/mol. The molecule has 0 bridgehead atoms. The SMILES string of the molecule is Cc1ccc2c(c1)c(CCN(C)C)cn2CO. The molecule has 3 nitrogen and oxygen atoms in total. The molecule has 0 aliphatic carbocycles. The maximum absolute atomic E-state index is 9.35. The number of rotatable bonds is 4. The van der Waals surface area contributed by atoms with Crippen LogP contribution in [0, 0.1) is 6.92 Å². The summed E-state index contributed by atoms with van der Waals surface area (Å²) in [4.78, 5) is 2.18. The molecule has 1 heterocycles. The van der Waals surface area contributed by atoms with E-state index < -0.39 is 0 Å². The van der Waals surface area contributed by atoms with E-state index in [2.05, 4.69) is 50.3 Å². The number of hydrogen-bond acceptors (Lipinski definition) is 2. The number of nitrogens with zero attached hydrogens (tertiary/aromatic N) is 2. The quantitative estimate of drug-likeness (QED) is 0.873. The third-order valence-corrected chi connectivity index (χ3v) is 3.10. The van der Waals surface area contributed by atoms with Crippen molar-refractivity contribution < 1.29 is 5.11 Å². The van der Waals surface area contributed by atoms with Gasteiger partial charge in [-0.2, -0.15) is 0 Å². The van der Waals surface area contributed by atoms with Crippen LogP contribution in [0.1, 0.15) is 11.1 Å². The van der Waals surface area contributed by atoms with Gasteiger partial charge >= 0.3 is 0 Å². The first-order valence-corrected chi connectivity index (χ1v) is 5.96. The summed E-state index contributed by atoms with van der Waals surface area (Å²) in [7, 11) is 4.16. The fourth-order valence-electron chi connectivity index (χ4n) is 2.15. The first kappa shape index (κ1) is 12.1. The van der Waals surface area contributed by atoms with Crippen molar-refractivity contribution in [1.29, 1.82) is 0 Å². The van der Waals surface area contributed by atoms with E-state index in [0.717, 1.165) is 18.5 Å². The van der Waals surface area contributed by atoms with Gasteiger partial charge in [-0.1, -0.05) is 11.6 Å². The molecule has 3 heteroatoms. The van der Waals surface area contributed by atoms with Crippen molar-refractivity contribution in [3.05, 3.63) is 35.5 Å². The molecule has 1 aromatic carbocycles. The first-order chi connectivity index (χ1) is 8.11. The average Bonchev–Trinajstić information content (AvgIpc) is 2.63. The van der Waals surface area contributed by atoms with Crippen molar-refractivity contribution in [3.63, 3.8) is 0 Å². The zero-order valence-electron chi connectivity index (χ0n) is 10.8. The molecule has 17 heavy (non-hydrogen) atoms. The van der Waals surface area contributed by atoms with E-state index in [1.165, 1.54) is 16.5 Å². The summed E-state index contributed by atoms with van der Waals surface area (Å²) in [6, 6.07) is 6.37. The second kappa shape index (κ2) is 4.90. The summed E-state index contributed by atoms with van der Waals surface area (Å²) in [5, 5.41) is 10.6. The highest BCUT2D eigenvalue weighted by atomic mass is 16.3. The molecule has 0 fully saturated rings. The van der Waals surface area contributed by atoms with Gasteiger partial charge in [-0.25, -0.2) is 0 Å². The van der Waals surface area contributed by atoms with Crippen molar-refractivity contribution in [1.82, 2.24) is 9.47 Å². The Labute approximate surface area is 102 Å². The van der Waals surface area contributed by atoms with Crippen LogP contribution in [0.3, 0.4) is 0 Å². The lowest BCUT2D eigenvalue weighted by atomic mass is 10.1. The fourth-order valence-corrected chi connectivity index (χ4v) is 2.15. The van der Waals surface area contributed by atoms with Crippen LogP contribution in [0.4, 0.5) is 0 Å². The molecule has 0 unspecified atom stereocenters. The summed E-state index contributed by atoms with van der Waals surface area (Å²) in [6.07, 6.45) is 3.08. The van der Waals surface area contributed by atoms with Gasteiger partial charge < -0.3 is 14.6 Å². The molecule has 2 rings (SSSR count). The Kier molecular flexibility index (Phi) is 3.50. The molecule has 0 amide bonds. The Bertz CT molecular complexity index is 514. The minimum absolute atomic E-state index is 0.0432. The lowest BCUT2D eigenvalue weighted by Crippen LogP contribution is -2.14. The summed E-state index contributed by atoms with van der Waals surface area (Å²) >= 11 is 0. The van der Waals surface area contributed by atoms with E-state index in [-0.39, 0.29) is 6.73 Å². The lowest BCUT2D eigenvalue weighted by molar-refractivity contribution is 0.215.